The van der Waals surface area contributed by atoms with E-state index in [1.54, 1.807) is 0 Å². The van der Waals surface area contributed by atoms with Crippen molar-refractivity contribution in [1.82, 2.24) is 4.57 Å². The molecule has 0 N–H and O–H groups in total. The first-order chi connectivity index (χ1) is 21.8. The molecule has 0 bridgehead atoms. The van der Waals surface area contributed by atoms with Gasteiger partial charge >= 0.3 is 0 Å². The third kappa shape index (κ3) is 3.26. The average molecular weight is 566 g/mol. The van der Waals surface area contributed by atoms with Crippen molar-refractivity contribution in [2.24, 2.45) is 0 Å². The molecule has 0 saturated heterocycles. The normalized spacial score (nSPS) is 15.5. The van der Waals surface area contributed by atoms with Gasteiger partial charge in [0.15, 0.2) is 0 Å². The van der Waals surface area contributed by atoms with Crippen LogP contribution < -0.4 is 0 Å². The van der Waals surface area contributed by atoms with Crippen LogP contribution in [0.4, 0.5) is 0 Å². The largest absolute Gasteiger partial charge is 0.456 e. The Morgan fingerprint density at radius 2 is 1.18 bits per heavy atom. The summed E-state index contributed by atoms with van der Waals surface area (Å²) in [5.74, 6) is 0. The first-order valence-corrected chi connectivity index (χ1v) is 16.0. The Morgan fingerprint density at radius 3 is 2.07 bits per heavy atom. The summed E-state index contributed by atoms with van der Waals surface area (Å²) in [7, 11) is 0. The lowest BCUT2D eigenvalue weighted by Gasteiger charge is -2.35. The van der Waals surface area contributed by atoms with Gasteiger partial charge in [-0.2, -0.15) is 0 Å². The zero-order valence-corrected chi connectivity index (χ0v) is 24.5. The van der Waals surface area contributed by atoms with E-state index in [4.69, 9.17) is 4.42 Å². The lowest BCUT2D eigenvalue weighted by molar-refractivity contribution is 0.353. The van der Waals surface area contributed by atoms with Gasteiger partial charge in [-0.05, 0) is 101 Å². The molecule has 0 radical (unpaired) electrons. The van der Waals surface area contributed by atoms with Crippen LogP contribution in [0.15, 0.2) is 132 Å². The predicted molar refractivity (Wildman–Crippen MR) is 183 cm³/mol. The number of nitrogens with zero attached hydrogens (tertiary/aromatic N) is 1. The van der Waals surface area contributed by atoms with Crippen molar-refractivity contribution in [3.63, 3.8) is 0 Å². The molecule has 2 heteroatoms. The van der Waals surface area contributed by atoms with Crippen LogP contribution >= 0.6 is 0 Å². The SMILES string of the molecule is c1ccc(-n2c3ccccc3c3cc(-c4ccc5oc6cc7c(cc6c5c4)C4(CCCCC4)c4ccccc4-7)ccc32)cc1. The third-order valence-electron chi connectivity index (χ3n) is 10.6. The van der Waals surface area contributed by atoms with Crippen LogP contribution in [0.25, 0.3) is 71.7 Å². The molecule has 0 aliphatic heterocycles. The van der Waals surface area contributed by atoms with Gasteiger partial charge in [-0.25, -0.2) is 0 Å². The van der Waals surface area contributed by atoms with Crippen LogP contribution in [-0.2, 0) is 5.41 Å². The second-order valence-electron chi connectivity index (χ2n) is 12.8. The van der Waals surface area contributed by atoms with E-state index in [9.17, 15) is 0 Å². The lowest BCUT2D eigenvalue weighted by Crippen LogP contribution is -2.27. The Balaban J connectivity index is 1.16. The molecule has 1 saturated carbocycles. The average Bonchev–Trinajstić information content (AvgIpc) is 3.70. The molecule has 2 nitrogen and oxygen atoms in total. The van der Waals surface area contributed by atoms with Crippen LogP contribution in [0, 0.1) is 0 Å². The van der Waals surface area contributed by atoms with Gasteiger partial charge < -0.3 is 8.98 Å². The lowest BCUT2D eigenvalue weighted by atomic mass is 9.68. The van der Waals surface area contributed by atoms with Gasteiger partial charge in [-0.15, -0.1) is 0 Å². The molecule has 6 aromatic carbocycles. The van der Waals surface area contributed by atoms with Crippen molar-refractivity contribution in [3.8, 4) is 27.9 Å². The first kappa shape index (κ1) is 24.4. The highest BCUT2D eigenvalue weighted by Crippen LogP contribution is 2.57. The van der Waals surface area contributed by atoms with Crippen LogP contribution in [-0.4, -0.2) is 4.57 Å². The summed E-state index contributed by atoms with van der Waals surface area (Å²) in [5, 5.41) is 4.99. The van der Waals surface area contributed by atoms with Gasteiger partial charge in [-0.3, -0.25) is 0 Å². The number of hydrogen-bond donors (Lipinski definition) is 0. The number of para-hydroxylation sites is 2. The maximum Gasteiger partial charge on any atom is 0.136 e. The van der Waals surface area contributed by atoms with E-state index in [0.717, 1.165) is 11.2 Å². The van der Waals surface area contributed by atoms with Gasteiger partial charge in [0.25, 0.3) is 0 Å². The highest BCUT2D eigenvalue weighted by atomic mass is 16.3. The fourth-order valence-electron chi connectivity index (χ4n) is 8.60. The minimum absolute atomic E-state index is 0.136. The maximum absolute atomic E-state index is 6.54. The zero-order chi connectivity index (χ0) is 28.8. The third-order valence-corrected chi connectivity index (χ3v) is 10.6. The number of aromatic nitrogens is 1. The molecule has 0 atom stereocenters. The summed E-state index contributed by atoms with van der Waals surface area (Å²) >= 11 is 0. The molecule has 10 rings (SSSR count). The minimum atomic E-state index is 0.136. The van der Waals surface area contributed by atoms with Crippen LogP contribution in [0.2, 0.25) is 0 Å². The smallest absolute Gasteiger partial charge is 0.136 e. The summed E-state index contributed by atoms with van der Waals surface area (Å²) in [6, 6.07) is 47.0. The fraction of sp³-hybridized carbons (Fsp3) is 0.143. The van der Waals surface area contributed by atoms with Crippen LogP contribution in [0.5, 0.6) is 0 Å². The molecule has 2 aliphatic rings. The van der Waals surface area contributed by atoms with Gasteiger partial charge in [0, 0.05) is 32.6 Å². The first-order valence-electron chi connectivity index (χ1n) is 16.0. The number of hydrogen-bond acceptors (Lipinski definition) is 1. The monoisotopic (exact) mass is 565 g/mol. The molecular formula is C42H31NO. The van der Waals surface area contributed by atoms with Gasteiger partial charge in [-0.1, -0.05) is 92.1 Å². The topological polar surface area (TPSA) is 18.1 Å². The number of fused-ring (bicyclic) bond motifs is 11. The van der Waals surface area contributed by atoms with Crippen molar-refractivity contribution >= 4 is 43.7 Å². The molecule has 44 heavy (non-hydrogen) atoms. The predicted octanol–water partition coefficient (Wildman–Crippen LogP) is 11.6. The van der Waals surface area contributed by atoms with E-state index in [1.807, 2.05) is 0 Å². The second kappa shape index (κ2) is 8.97. The van der Waals surface area contributed by atoms with Crippen molar-refractivity contribution in [1.29, 1.82) is 0 Å². The highest BCUT2D eigenvalue weighted by molar-refractivity contribution is 6.12. The maximum atomic E-state index is 6.54. The second-order valence-corrected chi connectivity index (χ2v) is 12.8. The van der Waals surface area contributed by atoms with E-state index < -0.39 is 0 Å². The molecule has 0 unspecified atom stereocenters. The summed E-state index contributed by atoms with van der Waals surface area (Å²) < 4.78 is 8.91. The van der Waals surface area contributed by atoms with Crippen molar-refractivity contribution < 1.29 is 4.42 Å². The Hall–Kier alpha value is -5.08. The Morgan fingerprint density at radius 1 is 0.477 bits per heavy atom. The molecule has 1 spiro atoms. The standard InChI is InChI=1S/C42H31NO/c1-3-11-29(12-4-1)43-38-16-8-6-14-31(38)33-23-27(17-19-39(33)43)28-18-20-40-34(24-28)35-25-37-32(26-41(35)44-40)30-13-5-7-15-36(30)42(37)21-9-2-10-22-42/h1,3-8,11-20,23-26H,2,9-10,21-22H2. The summed E-state index contributed by atoms with van der Waals surface area (Å²) in [6.07, 6.45) is 6.41. The minimum Gasteiger partial charge on any atom is -0.456 e. The number of benzene rings is 6. The van der Waals surface area contributed by atoms with Gasteiger partial charge in [0.2, 0.25) is 0 Å². The molecule has 0 amide bonds. The van der Waals surface area contributed by atoms with E-state index in [0.29, 0.717) is 0 Å². The molecule has 1 fully saturated rings. The molecule has 2 aliphatic carbocycles. The fourth-order valence-corrected chi connectivity index (χ4v) is 8.60. The number of rotatable bonds is 2. The summed E-state index contributed by atoms with van der Waals surface area (Å²) in [6.45, 7) is 0. The molecule has 2 heterocycles. The Kier molecular flexibility index (Phi) is 4.97. The van der Waals surface area contributed by atoms with Crippen molar-refractivity contribution in [2.45, 2.75) is 37.5 Å². The van der Waals surface area contributed by atoms with Gasteiger partial charge in [0.05, 0.1) is 11.0 Å². The Labute approximate surface area is 256 Å². The number of furan rings is 1. The van der Waals surface area contributed by atoms with E-state index in [-0.39, 0.29) is 5.41 Å². The van der Waals surface area contributed by atoms with Crippen LogP contribution in [0.3, 0.4) is 0 Å². The van der Waals surface area contributed by atoms with Gasteiger partial charge in [0.1, 0.15) is 11.2 Å². The van der Waals surface area contributed by atoms with E-state index in [2.05, 4.69) is 132 Å². The van der Waals surface area contributed by atoms with Crippen molar-refractivity contribution in [3.05, 3.63) is 139 Å². The summed E-state index contributed by atoms with van der Waals surface area (Å²) in [4.78, 5) is 0. The Bertz CT molecular complexity index is 2420. The summed E-state index contributed by atoms with van der Waals surface area (Å²) in [5.41, 5.74) is 14.0. The zero-order valence-electron chi connectivity index (χ0n) is 24.5. The van der Waals surface area contributed by atoms with Crippen LogP contribution in [0.1, 0.15) is 43.2 Å². The van der Waals surface area contributed by atoms with Crippen molar-refractivity contribution in [2.75, 3.05) is 0 Å². The van der Waals surface area contributed by atoms with E-state index >= 15 is 0 Å². The molecule has 2 aromatic heterocycles. The molecular weight excluding hydrogens is 534 g/mol. The quantitative estimate of drug-likeness (QED) is 0.204. The molecule has 210 valence electrons. The highest BCUT2D eigenvalue weighted by Gasteiger charge is 2.44. The van der Waals surface area contributed by atoms with E-state index in [1.165, 1.54) is 104 Å². The molecule has 8 aromatic rings.